The molecule has 2 rings (SSSR count). The number of phenols is 1. The molecular formula is C16H14BrClN2O4. The van der Waals surface area contributed by atoms with Gasteiger partial charge in [0.05, 0.1) is 17.8 Å². The topological polar surface area (TPSA) is 80.2 Å². The molecule has 0 heterocycles. The Morgan fingerprint density at radius 2 is 2.04 bits per heavy atom. The molecule has 0 atom stereocenters. The highest BCUT2D eigenvalue weighted by atomic mass is 79.9. The minimum absolute atomic E-state index is 0.00814. The Hall–Kier alpha value is -2.25. The summed E-state index contributed by atoms with van der Waals surface area (Å²) in [6.07, 6.45) is 1.31. The predicted octanol–water partition coefficient (Wildman–Crippen LogP) is 3.35. The molecule has 0 radical (unpaired) electrons. The molecule has 0 spiro atoms. The lowest BCUT2D eigenvalue weighted by molar-refractivity contribution is -0.123. The second kappa shape index (κ2) is 8.56. The second-order valence-electron chi connectivity index (χ2n) is 4.58. The summed E-state index contributed by atoms with van der Waals surface area (Å²) in [5, 5.41) is 14.3. The number of carbonyl (C=O) groups is 1. The summed E-state index contributed by atoms with van der Waals surface area (Å²) >= 11 is 8.97. The molecule has 126 valence electrons. The first-order valence-electron chi connectivity index (χ1n) is 6.76. The molecule has 0 fully saturated rings. The Balaban J connectivity index is 1.90. The van der Waals surface area contributed by atoms with E-state index in [2.05, 4.69) is 26.5 Å². The number of nitrogens with zero attached hydrogens (tertiary/aromatic N) is 1. The van der Waals surface area contributed by atoms with Crippen LogP contribution in [0.25, 0.3) is 0 Å². The van der Waals surface area contributed by atoms with Crippen molar-refractivity contribution in [1.82, 2.24) is 5.43 Å². The molecule has 2 N–H and O–H groups in total. The van der Waals surface area contributed by atoms with Gasteiger partial charge in [-0.1, -0.05) is 11.6 Å². The fourth-order valence-electron chi connectivity index (χ4n) is 1.70. The molecule has 1 amide bonds. The van der Waals surface area contributed by atoms with Crippen molar-refractivity contribution in [3.05, 3.63) is 51.5 Å². The highest BCUT2D eigenvalue weighted by Gasteiger charge is 2.07. The monoisotopic (exact) mass is 412 g/mol. The molecule has 6 nitrogen and oxygen atoms in total. The van der Waals surface area contributed by atoms with Gasteiger partial charge in [-0.05, 0) is 52.3 Å². The number of methoxy groups -OCH3 is 1. The van der Waals surface area contributed by atoms with E-state index in [1.165, 1.54) is 13.3 Å². The molecule has 2 aromatic carbocycles. The molecule has 0 aliphatic heterocycles. The van der Waals surface area contributed by atoms with Gasteiger partial charge in [-0.3, -0.25) is 4.79 Å². The number of halogens is 2. The average molecular weight is 414 g/mol. The van der Waals surface area contributed by atoms with Crippen LogP contribution in [0.3, 0.4) is 0 Å². The maximum Gasteiger partial charge on any atom is 0.277 e. The van der Waals surface area contributed by atoms with Crippen LogP contribution in [0.5, 0.6) is 17.2 Å². The molecule has 0 saturated carbocycles. The molecular weight excluding hydrogens is 400 g/mol. The third-order valence-corrected chi connectivity index (χ3v) is 3.74. The fraction of sp³-hybridized carbons (Fsp3) is 0.125. The molecule has 0 aliphatic carbocycles. The van der Waals surface area contributed by atoms with Crippen LogP contribution in [-0.4, -0.2) is 30.9 Å². The number of aromatic hydroxyl groups is 1. The van der Waals surface area contributed by atoms with E-state index in [0.717, 1.165) is 0 Å². The van der Waals surface area contributed by atoms with Gasteiger partial charge in [0.1, 0.15) is 17.2 Å². The van der Waals surface area contributed by atoms with Crippen molar-refractivity contribution in [3.8, 4) is 17.2 Å². The lowest BCUT2D eigenvalue weighted by Gasteiger charge is -2.06. The normalized spacial score (nSPS) is 10.6. The van der Waals surface area contributed by atoms with Gasteiger partial charge in [0.15, 0.2) is 6.61 Å². The molecule has 0 bridgehead atoms. The van der Waals surface area contributed by atoms with Crippen LogP contribution >= 0.6 is 27.5 Å². The molecule has 0 saturated heterocycles. The van der Waals surface area contributed by atoms with Crippen molar-refractivity contribution in [2.75, 3.05) is 13.7 Å². The van der Waals surface area contributed by atoms with Crippen LogP contribution < -0.4 is 14.9 Å². The summed E-state index contributed by atoms with van der Waals surface area (Å²) in [6, 6.07) is 9.84. The first kappa shape index (κ1) is 18.1. The van der Waals surface area contributed by atoms with Crippen molar-refractivity contribution in [3.63, 3.8) is 0 Å². The van der Waals surface area contributed by atoms with E-state index in [1.807, 2.05) is 0 Å². The summed E-state index contributed by atoms with van der Waals surface area (Å²) in [7, 11) is 1.51. The van der Waals surface area contributed by atoms with Gasteiger partial charge in [0.25, 0.3) is 5.91 Å². The highest BCUT2D eigenvalue weighted by molar-refractivity contribution is 9.10. The molecule has 0 unspecified atom stereocenters. The third-order valence-electron chi connectivity index (χ3n) is 2.88. The van der Waals surface area contributed by atoms with Gasteiger partial charge in [0, 0.05) is 10.6 Å². The first-order valence-corrected chi connectivity index (χ1v) is 7.93. The van der Waals surface area contributed by atoms with Gasteiger partial charge in [-0.15, -0.1) is 0 Å². The minimum atomic E-state index is -0.442. The van der Waals surface area contributed by atoms with E-state index in [1.54, 1.807) is 36.4 Å². The van der Waals surface area contributed by atoms with Gasteiger partial charge >= 0.3 is 0 Å². The molecule has 2 aromatic rings. The van der Waals surface area contributed by atoms with Crippen LogP contribution in [-0.2, 0) is 4.79 Å². The Morgan fingerprint density at radius 3 is 2.71 bits per heavy atom. The highest BCUT2D eigenvalue weighted by Crippen LogP contribution is 2.31. The number of nitrogens with one attached hydrogen (secondary N) is 1. The summed E-state index contributed by atoms with van der Waals surface area (Å²) in [5.74, 6) is 0.611. The van der Waals surface area contributed by atoms with Gasteiger partial charge in [-0.25, -0.2) is 5.43 Å². The number of amides is 1. The van der Waals surface area contributed by atoms with Crippen molar-refractivity contribution in [2.45, 2.75) is 0 Å². The van der Waals surface area contributed by atoms with Gasteiger partial charge in [-0.2, -0.15) is 5.10 Å². The maximum atomic E-state index is 11.7. The summed E-state index contributed by atoms with van der Waals surface area (Å²) in [5.41, 5.74) is 2.70. The Kier molecular flexibility index (Phi) is 6.45. The van der Waals surface area contributed by atoms with Crippen molar-refractivity contribution in [1.29, 1.82) is 0 Å². The molecule has 0 aromatic heterocycles. The van der Waals surface area contributed by atoms with Crippen molar-refractivity contribution in [2.24, 2.45) is 5.10 Å². The van der Waals surface area contributed by atoms with Crippen LogP contribution in [0.1, 0.15) is 5.56 Å². The molecule has 0 aliphatic rings. The summed E-state index contributed by atoms with van der Waals surface area (Å²) in [6.45, 7) is -0.202. The zero-order chi connectivity index (χ0) is 17.5. The zero-order valence-corrected chi connectivity index (χ0v) is 15.0. The number of benzene rings is 2. The summed E-state index contributed by atoms with van der Waals surface area (Å²) in [4.78, 5) is 11.7. The predicted molar refractivity (Wildman–Crippen MR) is 95.0 cm³/mol. The van der Waals surface area contributed by atoms with E-state index in [0.29, 0.717) is 26.6 Å². The fourth-order valence-corrected chi connectivity index (χ4v) is 2.28. The van der Waals surface area contributed by atoms with Crippen LogP contribution in [0.4, 0.5) is 0 Å². The Labute approximate surface area is 152 Å². The summed E-state index contributed by atoms with van der Waals surface area (Å²) < 4.78 is 10.8. The number of hydrogen-bond acceptors (Lipinski definition) is 5. The van der Waals surface area contributed by atoms with Crippen molar-refractivity contribution >= 4 is 39.7 Å². The molecule has 8 heteroatoms. The van der Waals surface area contributed by atoms with E-state index in [4.69, 9.17) is 21.1 Å². The van der Waals surface area contributed by atoms with E-state index >= 15 is 0 Å². The Morgan fingerprint density at radius 1 is 1.33 bits per heavy atom. The number of ether oxygens (including phenoxy) is 2. The van der Waals surface area contributed by atoms with Crippen LogP contribution in [0.15, 0.2) is 46.0 Å². The lowest BCUT2D eigenvalue weighted by atomic mass is 10.2. The number of hydrazone groups is 1. The van der Waals surface area contributed by atoms with E-state index in [9.17, 15) is 9.90 Å². The zero-order valence-electron chi connectivity index (χ0n) is 12.6. The van der Waals surface area contributed by atoms with Crippen molar-refractivity contribution < 1.29 is 19.4 Å². The number of phenolic OH excluding ortho intramolecular Hbond substituents is 1. The van der Waals surface area contributed by atoms with Gasteiger partial charge in [0.2, 0.25) is 0 Å². The SMILES string of the molecule is COc1cc(Br)c(O)c(C=NNC(=O)COc2ccc(Cl)cc2)c1. The third kappa shape index (κ3) is 5.14. The average Bonchev–Trinajstić information content (AvgIpc) is 2.58. The smallest absolute Gasteiger partial charge is 0.277 e. The standard InChI is InChI=1S/C16H14BrClN2O4/c1-23-13-6-10(16(22)14(17)7-13)8-19-20-15(21)9-24-12-4-2-11(18)3-5-12/h2-8,22H,9H2,1H3,(H,20,21). The quantitative estimate of drug-likeness (QED) is 0.562. The lowest BCUT2D eigenvalue weighted by Crippen LogP contribution is -2.24. The Bertz CT molecular complexity index is 750. The van der Waals surface area contributed by atoms with Crippen LogP contribution in [0, 0.1) is 0 Å². The molecule has 24 heavy (non-hydrogen) atoms. The number of rotatable bonds is 6. The number of hydrogen-bond donors (Lipinski definition) is 2. The van der Waals surface area contributed by atoms with Gasteiger partial charge < -0.3 is 14.6 Å². The minimum Gasteiger partial charge on any atom is -0.506 e. The van der Waals surface area contributed by atoms with E-state index in [-0.39, 0.29) is 12.4 Å². The van der Waals surface area contributed by atoms with E-state index < -0.39 is 5.91 Å². The first-order chi connectivity index (χ1) is 11.5. The second-order valence-corrected chi connectivity index (χ2v) is 5.87. The van der Waals surface area contributed by atoms with Crippen LogP contribution in [0.2, 0.25) is 5.02 Å². The maximum absolute atomic E-state index is 11.7. The largest absolute Gasteiger partial charge is 0.506 e. The number of carbonyl (C=O) groups excluding carboxylic acids is 1.